The lowest BCUT2D eigenvalue weighted by Crippen LogP contribution is -2.24. The Bertz CT molecular complexity index is 932. The van der Waals surface area contributed by atoms with Crippen molar-refractivity contribution in [2.75, 3.05) is 0 Å². The highest BCUT2D eigenvalue weighted by atomic mass is 16.5. The van der Waals surface area contributed by atoms with Crippen molar-refractivity contribution < 1.29 is 14.3 Å². The number of ether oxygens (including phenoxy) is 1. The zero-order valence-corrected chi connectivity index (χ0v) is 12.3. The molecule has 0 amide bonds. The number of esters is 1. The van der Waals surface area contributed by atoms with E-state index in [-0.39, 0.29) is 17.7 Å². The lowest BCUT2D eigenvalue weighted by molar-refractivity contribution is -0.605. The van der Waals surface area contributed by atoms with E-state index in [2.05, 4.69) is 4.98 Å². The topological polar surface area (TPSA) is 87.6 Å². The van der Waals surface area contributed by atoms with Gasteiger partial charge in [0.05, 0.1) is 11.3 Å². The van der Waals surface area contributed by atoms with E-state index < -0.39 is 5.97 Å². The molecule has 0 spiro atoms. The van der Waals surface area contributed by atoms with Crippen molar-refractivity contribution in [3.8, 4) is 0 Å². The van der Waals surface area contributed by atoms with Crippen LogP contribution in [0.1, 0.15) is 21.6 Å². The first kappa shape index (κ1) is 14.7. The summed E-state index contributed by atoms with van der Waals surface area (Å²) in [6.07, 6.45) is 4.05. The van der Waals surface area contributed by atoms with E-state index in [9.17, 15) is 14.8 Å². The molecule has 116 valence electrons. The van der Waals surface area contributed by atoms with Crippen molar-refractivity contribution in [1.29, 1.82) is 0 Å². The molecule has 23 heavy (non-hydrogen) atoms. The maximum absolute atomic E-state index is 12.0. The molecule has 0 aliphatic rings. The lowest BCUT2D eigenvalue weighted by Gasteiger charge is -2.07. The van der Waals surface area contributed by atoms with Gasteiger partial charge >= 0.3 is 5.97 Å². The molecule has 0 aliphatic carbocycles. The van der Waals surface area contributed by atoms with Gasteiger partial charge in [-0.1, -0.05) is 6.07 Å². The number of fused-ring (bicyclic) bond motifs is 1. The van der Waals surface area contributed by atoms with Gasteiger partial charge in [-0.3, -0.25) is 9.20 Å². The molecule has 0 bridgehead atoms. The summed E-state index contributed by atoms with van der Waals surface area (Å²) in [4.78, 5) is 28.3. The Morgan fingerprint density at radius 2 is 2.09 bits per heavy atom. The quantitative estimate of drug-likeness (QED) is 0.409. The van der Waals surface area contributed by atoms with Crippen LogP contribution in [-0.4, -0.2) is 15.4 Å². The van der Waals surface area contributed by atoms with E-state index in [4.69, 9.17) is 4.74 Å². The minimum Gasteiger partial charge on any atom is -0.619 e. The standard InChI is InChI=1S/C16H13N3O4/c1-11-3-2-6-19-14(20)9-13(17-15(11)19)10-23-16(21)12-4-7-18(22)8-5-12/h2-9H,10H2,1H3. The van der Waals surface area contributed by atoms with Crippen molar-refractivity contribution >= 4 is 11.6 Å². The second-order valence-corrected chi connectivity index (χ2v) is 4.99. The molecule has 0 aromatic carbocycles. The second-order valence-electron chi connectivity index (χ2n) is 4.99. The number of nitrogens with zero attached hydrogens (tertiary/aromatic N) is 3. The maximum Gasteiger partial charge on any atom is 0.338 e. The van der Waals surface area contributed by atoms with Gasteiger partial charge in [0.25, 0.3) is 5.56 Å². The average molecular weight is 311 g/mol. The van der Waals surface area contributed by atoms with Gasteiger partial charge in [0.2, 0.25) is 0 Å². The van der Waals surface area contributed by atoms with Crippen molar-refractivity contribution in [2.45, 2.75) is 13.5 Å². The molecule has 0 unspecified atom stereocenters. The first-order valence-corrected chi connectivity index (χ1v) is 6.88. The fourth-order valence-electron chi connectivity index (χ4n) is 2.15. The van der Waals surface area contributed by atoms with Crippen LogP contribution in [0.4, 0.5) is 0 Å². The van der Waals surface area contributed by atoms with Crippen LogP contribution in [0.25, 0.3) is 5.65 Å². The summed E-state index contributed by atoms with van der Waals surface area (Å²) in [5.74, 6) is -0.586. The monoisotopic (exact) mass is 311 g/mol. The summed E-state index contributed by atoms with van der Waals surface area (Å²) >= 11 is 0. The minimum absolute atomic E-state index is 0.120. The van der Waals surface area contributed by atoms with Crippen LogP contribution in [0.3, 0.4) is 0 Å². The molecular weight excluding hydrogens is 298 g/mol. The Hall–Kier alpha value is -3.22. The number of pyridine rings is 2. The van der Waals surface area contributed by atoms with E-state index >= 15 is 0 Å². The third kappa shape index (κ3) is 3.03. The van der Waals surface area contributed by atoms with E-state index in [0.29, 0.717) is 16.1 Å². The molecule has 3 heterocycles. The number of aryl methyl sites for hydroxylation is 1. The van der Waals surface area contributed by atoms with Crippen molar-refractivity contribution in [1.82, 2.24) is 9.38 Å². The third-order valence-corrected chi connectivity index (χ3v) is 3.33. The molecule has 0 radical (unpaired) electrons. The van der Waals surface area contributed by atoms with Crippen LogP contribution < -0.4 is 10.3 Å². The highest BCUT2D eigenvalue weighted by Crippen LogP contribution is 2.07. The number of hydrogen-bond acceptors (Lipinski definition) is 5. The molecule has 0 N–H and O–H groups in total. The normalized spacial score (nSPS) is 10.7. The molecule has 3 aromatic heterocycles. The Morgan fingerprint density at radius 1 is 1.35 bits per heavy atom. The Labute approximate surface area is 131 Å². The van der Waals surface area contributed by atoms with Crippen LogP contribution in [0.5, 0.6) is 0 Å². The van der Waals surface area contributed by atoms with E-state index in [1.165, 1.54) is 35.0 Å². The van der Waals surface area contributed by atoms with E-state index in [0.717, 1.165) is 5.56 Å². The summed E-state index contributed by atoms with van der Waals surface area (Å²) in [5.41, 5.74) is 1.76. The van der Waals surface area contributed by atoms with Gasteiger partial charge in [-0.2, -0.15) is 4.73 Å². The third-order valence-electron chi connectivity index (χ3n) is 3.33. The summed E-state index contributed by atoms with van der Waals surface area (Å²) in [7, 11) is 0. The average Bonchev–Trinajstić information content (AvgIpc) is 2.54. The first-order valence-electron chi connectivity index (χ1n) is 6.88. The molecule has 7 heteroatoms. The number of carbonyl (C=O) groups is 1. The zero-order valence-electron chi connectivity index (χ0n) is 12.3. The number of hydrogen-bond donors (Lipinski definition) is 0. The Kier molecular flexibility index (Phi) is 3.76. The molecule has 0 atom stereocenters. The predicted molar refractivity (Wildman–Crippen MR) is 80.7 cm³/mol. The van der Waals surface area contributed by atoms with Gasteiger partial charge in [-0.05, 0) is 18.6 Å². The number of aromatic nitrogens is 3. The van der Waals surface area contributed by atoms with Crippen LogP contribution in [0.15, 0.2) is 53.7 Å². The molecule has 3 rings (SSSR count). The zero-order chi connectivity index (χ0) is 16.4. The van der Waals surface area contributed by atoms with Gasteiger partial charge < -0.3 is 9.94 Å². The van der Waals surface area contributed by atoms with Gasteiger partial charge in [0.15, 0.2) is 12.4 Å². The van der Waals surface area contributed by atoms with Gasteiger partial charge in [-0.15, -0.1) is 0 Å². The predicted octanol–water partition coefficient (Wildman–Crippen LogP) is 0.993. The largest absolute Gasteiger partial charge is 0.619 e. The van der Waals surface area contributed by atoms with Gasteiger partial charge in [-0.25, -0.2) is 9.78 Å². The Morgan fingerprint density at radius 3 is 2.83 bits per heavy atom. The summed E-state index contributed by atoms with van der Waals surface area (Å²) in [6, 6.07) is 7.67. The molecule has 7 nitrogen and oxygen atoms in total. The molecule has 3 aromatic rings. The number of rotatable bonds is 3. The van der Waals surface area contributed by atoms with Crippen LogP contribution in [-0.2, 0) is 11.3 Å². The summed E-state index contributed by atoms with van der Waals surface area (Å²) in [6.45, 7) is 1.73. The highest BCUT2D eigenvalue weighted by Gasteiger charge is 2.10. The summed E-state index contributed by atoms with van der Waals surface area (Å²) < 4.78 is 7.15. The van der Waals surface area contributed by atoms with Gasteiger partial charge in [0.1, 0.15) is 12.3 Å². The molecule has 0 aliphatic heterocycles. The smallest absolute Gasteiger partial charge is 0.338 e. The van der Waals surface area contributed by atoms with E-state index in [1.807, 2.05) is 13.0 Å². The van der Waals surface area contributed by atoms with E-state index in [1.54, 1.807) is 12.3 Å². The maximum atomic E-state index is 12.0. The lowest BCUT2D eigenvalue weighted by atomic mass is 10.3. The molecule has 0 fully saturated rings. The van der Waals surface area contributed by atoms with Gasteiger partial charge in [0, 0.05) is 24.4 Å². The fourth-order valence-corrected chi connectivity index (χ4v) is 2.15. The van der Waals surface area contributed by atoms with Crippen molar-refractivity contribution in [3.05, 3.63) is 81.3 Å². The van der Waals surface area contributed by atoms with Crippen LogP contribution >= 0.6 is 0 Å². The SMILES string of the molecule is Cc1cccn2c(=O)cc(COC(=O)c3cc[n+]([O-])cc3)nc12. The molecule has 0 saturated heterocycles. The molecular formula is C16H13N3O4. The van der Waals surface area contributed by atoms with Crippen molar-refractivity contribution in [3.63, 3.8) is 0 Å². The molecule has 0 saturated carbocycles. The second kappa shape index (κ2) is 5.88. The minimum atomic E-state index is -0.586. The highest BCUT2D eigenvalue weighted by molar-refractivity contribution is 5.88. The van der Waals surface area contributed by atoms with Crippen LogP contribution in [0, 0.1) is 12.1 Å². The van der Waals surface area contributed by atoms with Crippen molar-refractivity contribution in [2.24, 2.45) is 0 Å². The van der Waals surface area contributed by atoms with Crippen LogP contribution in [0.2, 0.25) is 0 Å². The summed E-state index contributed by atoms with van der Waals surface area (Å²) in [5, 5.41) is 10.9. The fraction of sp³-hybridized carbons (Fsp3) is 0.125. The Balaban J connectivity index is 1.82. The first-order chi connectivity index (χ1) is 11.0. The number of carbonyl (C=O) groups excluding carboxylic acids is 1.